The van der Waals surface area contributed by atoms with Crippen LogP contribution in [0.3, 0.4) is 0 Å². The Hall–Kier alpha value is -3.35. The molecule has 7 heteroatoms. The largest absolute Gasteiger partial charge is 0.481 e. The van der Waals surface area contributed by atoms with Gasteiger partial charge >= 0.3 is 12.1 Å². The Morgan fingerprint density at radius 3 is 2.26 bits per heavy atom. The van der Waals surface area contributed by atoms with Gasteiger partial charge in [-0.25, -0.2) is 4.79 Å². The molecule has 4 rings (SSSR count). The quantitative estimate of drug-likeness (QED) is 0.663. The molecule has 1 fully saturated rings. The predicted molar refractivity (Wildman–Crippen MR) is 115 cm³/mol. The third kappa shape index (κ3) is 4.26. The number of carbonyl (C=O) groups excluding carboxylic acids is 2. The molecule has 0 bridgehead atoms. The van der Waals surface area contributed by atoms with Crippen molar-refractivity contribution in [1.82, 2.24) is 10.6 Å². The number of rotatable bonds is 6. The molecule has 2 aromatic carbocycles. The van der Waals surface area contributed by atoms with Gasteiger partial charge < -0.3 is 20.5 Å². The third-order valence-electron chi connectivity index (χ3n) is 6.23. The number of amides is 2. The van der Waals surface area contributed by atoms with Crippen molar-refractivity contribution in [3.05, 3.63) is 59.7 Å². The molecular formula is C24H26N2O5. The maximum absolute atomic E-state index is 12.4. The van der Waals surface area contributed by atoms with E-state index in [1.54, 1.807) is 6.92 Å². The van der Waals surface area contributed by atoms with Crippen LogP contribution in [0.1, 0.15) is 43.2 Å². The molecule has 0 heterocycles. The number of aliphatic carboxylic acids is 1. The van der Waals surface area contributed by atoms with Crippen LogP contribution in [-0.4, -0.2) is 41.8 Å². The van der Waals surface area contributed by atoms with Crippen LogP contribution in [0.25, 0.3) is 11.1 Å². The van der Waals surface area contributed by atoms with Crippen molar-refractivity contribution in [3.8, 4) is 11.1 Å². The first-order valence-electron chi connectivity index (χ1n) is 10.6. The minimum absolute atomic E-state index is 0.0582. The average molecular weight is 422 g/mol. The standard InChI is InChI=1S/C24H26N2O5/c1-14(22(27)26-21-12-6-11-19(21)23(28)29)25-24(30)31-13-20-17-9-4-2-7-15(17)16-8-3-5-10-18(16)20/h2-5,7-10,14,19-21H,6,11-13H2,1H3,(H,25,30)(H,26,27)(H,28,29)/t14?,19-,21+/m0/s1. The van der Waals surface area contributed by atoms with Gasteiger partial charge in [0.25, 0.3) is 0 Å². The number of hydrogen-bond acceptors (Lipinski definition) is 4. The summed E-state index contributed by atoms with van der Waals surface area (Å²) in [6.45, 7) is 1.72. The molecule has 0 saturated heterocycles. The Bertz CT molecular complexity index is 959. The normalized spacial score (nSPS) is 20.4. The van der Waals surface area contributed by atoms with E-state index >= 15 is 0 Å². The zero-order valence-electron chi connectivity index (χ0n) is 17.3. The summed E-state index contributed by atoms with van der Waals surface area (Å²) in [7, 11) is 0. The lowest BCUT2D eigenvalue weighted by Gasteiger charge is -2.21. The van der Waals surface area contributed by atoms with Gasteiger partial charge in [-0.1, -0.05) is 55.0 Å². The zero-order valence-corrected chi connectivity index (χ0v) is 17.3. The van der Waals surface area contributed by atoms with Crippen molar-refractivity contribution >= 4 is 18.0 Å². The molecule has 3 N–H and O–H groups in total. The number of carbonyl (C=O) groups is 3. The van der Waals surface area contributed by atoms with E-state index in [4.69, 9.17) is 4.74 Å². The summed E-state index contributed by atoms with van der Waals surface area (Å²) < 4.78 is 5.47. The molecule has 3 atom stereocenters. The van der Waals surface area contributed by atoms with E-state index in [1.165, 1.54) is 0 Å². The average Bonchev–Trinajstić information content (AvgIpc) is 3.35. The van der Waals surface area contributed by atoms with Gasteiger partial charge in [0, 0.05) is 12.0 Å². The molecule has 2 aliphatic rings. The van der Waals surface area contributed by atoms with Crippen LogP contribution in [0.4, 0.5) is 4.79 Å². The van der Waals surface area contributed by atoms with E-state index in [2.05, 4.69) is 22.8 Å². The molecular weight excluding hydrogens is 396 g/mol. The number of hydrogen-bond donors (Lipinski definition) is 3. The number of fused-ring (bicyclic) bond motifs is 3. The van der Waals surface area contributed by atoms with Crippen LogP contribution in [-0.2, 0) is 14.3 Å². The molecule has 0 spiro atoms. The van der Waals surface area contributed by atoms with Gasteiger partial charge in [-0.15, -0.1) is 0 Å². The molecule has 31 heavy (non-hydrogen) atoms. The molecule has 0 aromatic heterocycles. The lowest BCUT2D eigenvalue weighted by atomic mass is 9.98. The fourth-order valence-corrected chi connectivity index (χ4v) is 4.62. The Morgan fingerprint density at radius 1 is 1.03 bits per heavy atom. The van der Waals surface area contributed by atoms with E-state index in [-0.39, 0.29) is 12.5 Å². The number of nitrogens with one attached hydrogen (secondary N) is 2. The second-order valence-corrected chi connectivity index (χ2v) is 8.18. The number of alkyl carbamates (subject to hydrolysis) is 1. The van der Waals surface area contributed by atoms with Gasteiger partial charge in [-0.05, 0) is 42.0 Å². The highest BCUT2D eigenvalue weighted by atomic mass is 16.5. The van der Waals surface area contributed by atoms with Gasteiger partial charge in [0.2, 0.25) is 5.91 Å². The van der Waals surface area contributed by atoms with Crippen molar-refractivity contribution in [1.29, 1.82) is 0 Å². The highest BCUT2D eigenvalue weighted by molar-refractivity contribution is 5.86. The minimum atomic E-state index is -0.903. The first-order chi connectivity index (χ1) is 15.0. The summed E-state index contributed by atoms with van der Waals surface area (Å²) in [4.78, 5) is 36.0. The summed E-state index contributed by atoms with van der Waals surface area (Å²) in [5, 5.41) is 14.6. The molecule has 2 aromatic rings. The summed E-state index contributed by atoms with van der Waals surface area (Å²) in [5.41, 5.74) is 4.51. The Morgan fingerprint density at radius 2 is 1.65 bits per heavy atom. The first kappa shape index (κ1) is 20.9. The Kier molecular flexibility index (Phi) is 5.93. The minimum Gasteiger partial charge on any atom is -0.481 e. The van der Waals surface area contributed by atoms with E-state index < -0.39 is 36.0 Å². The number of benzene rings is 2. The topological polar surface area (TPSA) is 105 Å². The van der Waals surface area contributed by atoms with Crippen molar-refractivity contribution in [2.75, 3.05) is 6.61 Å². The molecule has 0 radical (unpaired) electrons. The zero-order chi connectivity index (χ0) is 22.0. The molecule has 7 nitrogen and oxygen atoms in total. The third-order valence-corrected chi connectivity index (χ3v) is 6.23. The summed E-state index contributed by atoms with van der Waals surface area (Å²) >= 11 is 0. The molecule has 1 saturated carbocycles. The molecule has 2 aliphatic carbocycles. The number of ether oxygens (including phenoxy) is 1. The monoisotopic (exact) mass is 422 g/mol. The summed E-state index contributed by atoms with van der Waals surface area (Å²) in [6.07, 6.45) is 1.26. The van der Waals surface area contributed by atoms with E-state index in [0.29, 0.717) is 12.8 Å². The van der Waals surface area contributed by atoms with E-state index in [0.717, 1.165) is 28.7 Å². The molecule has 1 unspecified atom stereocenters. The van der Waals surface area contributed by atoms with E-state index in [1.807, 2.05) is 36.4 Å². The van der Waals surface area contributed by atoms with Crippen LogP contribution in [0.2, 0.25) is 0 Å². The molecule has 162 valence electrons. The second kappa shape index (κ2) is 8.79. The van der Waals surface area contributed by atoms with Crippen LogP contribution in [0.15, 0.2) is 48.5 Å². The van der Waals surface area contributed by atoms with Crippen molar-refractivity contribution in [3.63, 3.8) is 0 Å². The van der Waals surface area contributed by atoms with Gasteiger partial charge in [0.1, 0.15) is 12.6 Å². The number of carboxylic acid groups (broad SMARTS) is 1. The lowest BCUT2D eigenvalue weighted by Crippen LogP contribution is -2.50. The fourth-order valence-electron chi connectivity index (χ4n) is 4.62. The van der Waals surface area contributed by atoms with Gasteiger partial charge in [0.05, 0.1) is 5.92 Å². The van der Waals surface area contributed by atoms with Crippen molar-refractivity contribution in [2.24, 2.45) is 5.92 Å². The number of carboxylic acids is 1. The lowest BCUT2D eigenvalue weighted by molar-refractivity contribution is -0.142. The van der Waals surface area contributed by atoms with E-state index in [9.17, 15) is 19.5 Å². The highest BCUT2D eigenvalue weighted by Crippen LogP contribution is 2.44. The fraction of sp³-hybridized carbons (Fsp3) is 0.375. The maximum Gasteiger partial charge on any atom is 0.407 e. The Balaban J connectivity index is 1.33. The van der Waals surface area contributed by atoms with Gasteiger partial charge in [-0.3, -0.25) is 9.59 Å². The van der Waals surface area contributed by atoms with Gasteiger partial charge in [-0.2, -0.15) is 0 Å². The second-order valence-electron chi connectivity index (χ2n) is 8.18. The molecule has 2 amide bonds. The van der Waals surface area contributed by atoms with Gasteiger partial charge in [0.15, 0.2) is 0 Å². The predicted octanol–water partition coefficient (Wildman–Crippen LogP) is 3.28. The van der Waals surface area contributed by atoms with Crippen molar-refractivity contribution in [2.45, 2.75) is 44.2 Å². The van der Waals surface area contributed by atoms with Crippen molar-refractivity contribution < 1.29 is 24.2 Å². The summed E-state index contributed by atoms with van der Waals surface area (Å²) in [6, 6.07) is 14.9. The van der Waals surface area contributed by atoms with Crippen LogP contribution in [0.5, 0.6) is 0 Å². The first-order valence-corrected chi connectivity index (χ1v) is 10.6. The summed E-state index contributed by atoms with van der Waals surface area (Å²) in [5.74, 6) is -1.95. The van der Waals surface area contributed by atoms with Crippen LogP contribution < -0.4 is 10.6 Å². The smallest absolute Gasteiger partial charge is 0.407 e. The maximum atomic E-state index is 12.4. The highest BCUT2D eigenvalue weighted by Gasteiger charge is 2.35. The SMILES string of the molecule is CC(NC(=O)OCC1c2ccccc2-c2ccccc21)C(=O)N[C@@H]1CCC[C@@H]1C(=O)O. The van der Waals surface area contributed by atoms with Crippen LogP contribution >= 0.6 is 0 Å². The Labute approximate surface area is 180 Å². The molecule has 0 aliphatic heterocycles. The van der Waals surface area contributed by atoms with Crippen LogP contribution in [0, 0.1) is 5.92 Å².